The molecule has 0 aromatic carbocycles. The molecular formula is C13H17N4O6-. The summed E-state index contributed by atoms with van der Waals surface area (Å²) in [5.41, 5.74) is 2.74. The fraction of sp³-hybridized carbons (Fsp3) is 0.538. The maximum absolute atomic E-state index is 11.8. The molecule has 126 valence electrons. The van der Waals surface area contributed by atoms with E-state index in [2.05, 4.69) is 10.3 Å². The molecule has 3 rings (SSSR count). The van der Waals surface area contributed by atoms with Crippen LogP contribution in [0.3, 0.4) is 0 Å². The van der Waals surface area contributed by atoms with Crippen LogP contribution in [-0.4, -0.2) is 72.3 Å². The van der Waals surface area contributed by atoms with Crippen molar-refractivity contribution in [3.63, 3.8) is 0 Å². The maximum atomic E-state index is 11.8. The van der Waals surface area contributed by atoms with E-state index >= 15 is 0 Å². The number of hydrogen-bond donors (Lipinski definition) is 1. The van der Waals surface area contributed by atoms with Gasteiger partial charge in [0.2, 0.25) is 0 Å². The van der Waals surface area contributed by atoms with E-state index in [4.69, 9.17) is 14.2 Å². The van der Waals surface area contributed by atoms with Crippen LogP contribution in [0.2, 0.25) is 0 Å². The van der Waals surface area contributed by atoms with Crippen molar-refractivity contribution in [2.45, 2.75) is 6.10 Å². The molecule has 1 atom stereocenters. The Labute approximate surface area is 132 Å². The molecule has 0 unspecified atom stereocenters. The third-order valence-corrected chi connectivity index (χ3v) is 3.59. The van der Waals surface area contributed by atoms with Crippen molar-refractivity contribution >= 4 is 12.0 Å². The lowest BCUT2D eigenvalue weighted by Gasteiger charge is -2.27. The lowest BCUT2D eigenvalue weighted by molar-refractivity contribution is -0.388. The number of amides is 1. The average Bonchev–Trinajstić information content (AvgIpc) is 3.13. The highest BCUT2D eigenvalue weighted by molar-refractivity contribution is 5.87. The summed E-state index contributed by atoms with van der Waals surface area (Å²) in [6.45, 7) is 4.06. The van der Waals surface area contributed by atoms with Crippen molar-refractivity contribution in [1.29, 1.82) is 0 Å². The lowest BCUT2D eigenvalue weighted by Crippen LogP contribution is -2.42. The van der Waals surface area contributed by atoms with E-state index in [0.29, 0.717) is 26.3 Å². The molecule has 0 radical (unpaired) electrons. The first kappa shape index (κ1) is 15.4. The minimum Gasteiger partial charge on any atom is -0.610 e. The number of hydrogen-bond acceptors (Lipinski definition) is 8. The first-order valence-corrected chi connectivity index (χ1v) is 7.23. The monoisotopic (exact) mass is 325 g/mol. The maximum Gasteiger partial charge on any atom is 0.429 e. The van der Waals surface area contributed by atoms with Crippen molar-refractivity contribution in [3.05, 3.63) is 34.5 Å². The zero-order valence-electron chi connectivity index (χ0n) is 12.3. The van der Waals surface area contributed by atoms with Crippen molar-refractivity contribution in [3.8, 4) is 0 Å². The molecule has 0 aromatic rings. The van der Waals surface area contributed by atoms with Crippen molar-refractivity contribution in [1.82, 2.24) is 15.3 Å². The Morgan fingerprint density at radius 1 is 1.35 bits per heavy atom. The Hall–Kier alpha value is -2.46. The number of nitrogens with one attached hydrogen (secondary N) is 1. The van der Waals surface area contributed by atoms with Gasteiger partial charge >= 0.3 is 12.0 Å². The Kier molecular flexibility index (Phi) is 4.53. The number of carbonyl (C=O) groups excluding carboxylic acids is 1. The first-order chi connectivity index (χ1) is 11.1. The third kappa shape index (κ3) is 3.85. The zero-order valence-corrected chi connectivity index (χ0v) is 12.3. The number of rotatable bonds is 4. The van der Waals surface area contributed by atoms with Gasteiger partial charge in [-0.25, -0.2) is 9.80 Å². The van der Waals surface area contributed by atoms with Gasteiger partial charge in [-0.05, 0) is 6.08 Å². The van der Waals surface area contributed by atoms with Gasteiger partial charge in [-0.2, -0.15) is 0 Å². The fourth-order valence-electron chi connectivity index (χ4n) is 2.45. The van der Waals surface area contributed by atoms with Crippen LogP contribution in [0.4, 0.5) is 4.79 Å². The van der Waals surface area contributed by atoms with Crippen molar-refractivity contribution in [2.75, 3.05) is 39.4 Å². The van der Waals surface area contributed by atoms with Gasteiger partial charge in [-0.1, -0.05) is 0 Å². The normalized spacial score (nSPS) is 26.5. The van der Waals surface area contributed by atoms with E-state index in [9.17, 15) is 15.2 Å². The molecule has 23 heavy (non-hydrogen) atoms. The van der Waals surface area contributed by atoms with Crippen LogP contribution in [0, 0.1) is 10.4 Å². The van der Waals surface area contributed by atoms with Gasteiger partial charge in [0.05, 0.1) is 32.0 Å². The predicted octanol–water partition coefficient (Wildman–Crippen LogP) is -0.522. The predicted molar refractivity (Wildman–Crippen MR) is 77.7 cm³/mol. The molecule has 1 N–H and O–H groups in total. The van der Waals surface area contributed by atoms with Gasteiger partial charge in [0, 0.05) is 19.6 Å². The van der Waals surface area contributed by atoms with Gasteiger partial charge in [-0.3, -0.25) is 10.3 Å². The minimum absolute atomic E-state index is 0.229. The quantitative estimate of drug-likeness (QED) is 0.543. The Morgan fingerprint density at radius 3 is 2.83 bits per heavy atom. The number of cyclic esters (lactones) is 1. The van der Waals surface area contributed by atoms with E-state index in [1.165, 1.54) is 23.4 Å². The van der Waals surface area contributed by atoms with Crippen molar-refractivity contribution in [2.24, 2.45) is 0 Å². The molecule has 3 aliphatic rings. The number of morpholine rings is 1. The molecule has 10 heteroatoms. The molecule has 0 spiro atoms. The van der Waals surface area contributed by atoms with Crippen LogP contribution >= 0.6 is 0 Å². The summed E-state index contributed by atoms with van der Waals surface area (Å²) in [4.78, 5) is 13.4. The number of ether oxygens (including phenoxy) is 3. The molecule has 0 bridgehead atoms. The highest BCUT2D eigenvalue weighted by Crippen LogP contribution is 2.13. The smallest absolute Gasteiger partial charge is 0.429 e. The van der Waals surface area contributed by atoms with Gasteiger partial charge < -0.3 is 24.6 Å². The van der Waals surface area contributed by atoms with E-state index in [0.717, 1.165) is 13.1 Å². The molecule has 0 saturated carbocycles. The summed E-state index contributed by atoms with van der Waals surface area (Å²) in [6.07, 6.45) is 3.35. The molecule has 10 nitrogen and oxygen atoms in total. The number of allylic oxidation sites excluding steroid dienone is 1. The molecule has 2 saturated heterocycles. The summed E-state index contributed by atoms with van der Waals surface area (Å²) in [6, 6.07) is 0. The SMILES string of the molecule is O=C1O[C@H](CN2CCOCC2)CN1NC=C1C=CC(=[N+]([O-])[O-])O1. The molecule has 2 fully saturated rings. The van der Waals surface area contributed by atoms with Gasteiger partial charge in [0.25, 0.3) is 0 Å². The number of hydrazine groups is 1. The Morgan fingerprint density at radius 2 is 2.13 bits per heavy atom. The van der Waals surface area contributed by atoms with Crippen LogP contribution in [0.1, 0.15) is 0 Å². The van der Waals surface area contributed by atoms with Crippen LogP contribution in [0.25, 0.3) is 0 Å². The topological polar surface area (TPSA) is 112 Å². The second-order valence-electron chi connectivity index (χ2n) is 5.24. The summed E-state index contributed by atoms with van der Waals surface area (Å²) in [5, 5.41) is 22.4. The lowest BCUT2D eigenvalue weighted by atomic mass is 10.3. The van der Waals surface area contributed by atoms with E-state index < -0.39 is 11.0 Å². The number of carbonyl (C=O) groups is 1. The third-order valence-electron chi connectivity index (χ3n) is 3.59. The zero-order chi connectivity index (χ0) is 16.2. The summed E-state index contributed by atoms with van der Waals surface area (Å²) in [7, 11) is 0. The van der Waals surface area contributed by atoms with Crippen LogP contribution in [0.5, 0.6) is 0 Å². The van der Waals surface area contributed by atoms with Crippen LogP contribution in [0.15, 0.2) is 24.1 Å². The summed E-state index contributed by atoms with van der Waals surface area (Å²) in [5.74, 6) is -0.103. The van der Waals surface area contributed by atoms with Crippen LogP contribution in [-0.2, 0) is 14.2 Å². The highest BCUT2D eigenvalue weighted by atomic mass is 16.8. The summed E-state index contributed by atoms with van der Waals surface area (Å²) < 4.78 is 15.5. The molecule has 3 heterocycles. The van der Waals surface area contributed by atoms with E-state index in [-0.39, 0.29) is 17.8 Å². The van der Waals surface area contributed by atoms with Gasteiger partial charge in [0.1, 0.15) is 6.10 Å². The van der Waals surface area contributed by atoms with E-state index in [1.807, 2.05) is 0 Å². The van der Waals surface area contributed by atoms with Crippen molar-refractivity contribution < 1.29 is 23.9 Å². The largest absolute Gasteiger partial charge is 0.610 e. The number of nitrogens with zero attached hydrogens (tertiary/aromatic N) is 3. The average molecular weight is 325 g/mol. The summed E-state index contributed by atoms with van der Waals surface area (Å²) >= 11 is 0. The molecular weight excluding hydrogens is 308 g/mol. The molecule has 1 amide bonds. The Bertz CT molecular complexity index is 551. The van der Waals surface area contributed by atoms with Gasteiger partial charge in [-0.15, -0.1) is 4.90 Å². The van der Waals surface area contributed by atoms with E-state index in [1.54, 1.807) is 0 Å². The first-order valence-electron chi connectivity index (χ1n) is 7.23. The molecule has 0 aliphatic carbocycles. The van der Waals surface area contributed by atoms with Gasteiger partial charge in [0.15, 0.2) is 5.76 Å². The Balaban J connectivity index is 1.49. The second-order valence-corrected chi connectivity index (χ2v) is 5.24. The van der Waals surface area contributed by atoms with Crippen LogP contribution < -0.4 is 5.43 Å². The molecule has 0 aromatic heterocycles. The highest BCUT2D eigenvalue weighted by Gasteiger charge is 2.32. The fourth-order valence-corrected chi connectivity index (χ4v) is 2.45. The molecule has 3 aliphatic heterocycles. The standard InChI is InChI=1S/C13H17N4O6/c18-13-16(14-7-10-1-2-12(22-10)17(19)20)9-11(23-13)8-15-3-5-21-6-4-15/h1-2,7,11,14H,3-6,8-9H2/q-1/t11-/m1/s1. The minimum atomic E-state index is -0.625. The second kappa shape index (κ2) is 6.75.